The molecule has 0 aliphatic carbocycles. The summed E-state index contributed by atoms with van der Waals surface area (Å²) in [6.07, 6.45) is 1.64. The van der Waals surface area contributed by atoms with Gasteiger partial charge >= 0.3 is 0 Å². The number of carbonyl (C=O) groups is 2. The van der Waals surface area contributed by atoms with Gasteiger partial charge in [0.05, 0.1) is 18.2 Å². The summed E-state index contributed by atoms with van der Waals surface area (Å²) in [7, 11) is 0. The SMILES string of the molecule is CC(C)C(NC(=O)C(Cc1ccccc1)CC(O)C(Cc1ccccc1)N(C(=O)[O-])C(C)(C)C)c1ncc[nH]1. The van der Waals surface area contributed by atoms with Crippen LogP contribution < -0.4 is 10.4 Å². The quantitative estimate of drug-likeness (QED) is 0.326. The fraction of sp³-hybridized carbons (Fsp3) is 0.452. The second-order valence-electron chi connectivity index (χ2n) is 11.5. The summed E-state index contributed by atoms with van der Waals surface area (Å²) in [5.74, 6) is -0.0967. The fourth-order valence-corrected chi connectivity index (χ4v) is 5.06. The van der Waals surface area contributed by atoms with Crippen LogP contribution in [0.4, 0.5) is 4.79 Å². The zero-order valence-electron chi connectivity index (χ0n) is 23.5. The van der Waals surface area contributed by atoms with Crippen LogP contribution >= 0.6 is 0 Å². The number of carboxylic acid groups (broad SMARTS) is 1. The number of amides is 2. The van der Waals surface area contributed by atoms with Gasteiger partial charge in [0.25, 0.3) is 0 Å². The number of aliphatic hydroxyl groups excluding tert-OH is 1. The molecule has 0 spiro atoms. The number of aromatic nitrogens is 2. The van der Waals surface area contributed by atoms with E-state index in [0.717, 1.165) is 11.1 Å². The minimum absolute atomic E-state index is 0.0705. The van der Waals surface area contributed by atoms with Gasteiger partial charge in [-0.15, -0.1) is 0 Å². The van der Waals surface area contributed by atoms with E-state index in [1.54, 1.807) is 33.2 Å². The Morgan fingerprint density at radius 2 is 1.56 bits per heavy atom. The maximum atomic E-state index is 13.8. The van der Waals surface area contributed by atoms with Crippen molar-refractivity contribution < 1.29 is 19.8 Å². The van der Waals surface area contributed by atoms with Crippen molar-refractivity contribution in [2.24, 2.45) is 11.8 Å². The molecule has 0 fully saturated rings. The minimum atomic E-state index is -1.36. The highest BCUT2D eigenvalue weighted by atomic mass is 16.4. The fourth-order valence-electron chi connectivity index (χ4n) is 5.06. The number of H-pyrrole nitrogens is 1. The van der Waals surface area contributed by atoms with Gasteiger partial charge in [-0.3, -0.25) is 4.79 Å². The molecule has 1 heterocycles. The van der Waals surface area contributed by atoms with E-state index in [0.29, 0.717) is 12.2 Å². The highest BCUT2D eigenvalue weighted by molar-refractivity contribution is 5.79. The number of rotatable bonds is 12. The van der Waals surface area contributed by atoms with E-state index in [1.165, 1.54) is 4.90 Å². The van der Waals surface area contributed by atoms with E-state index in [-0.39, 0.29) is 30.7 Å². The summed E-state index contributed by atoms with van der Waals surface area (Å²) in [5.41, 5.74) is 1.02. The average Bonchev–Trinajstić information content (AvgIpc) is 3.41. The molecule has 210 valence electrons. The van der Waals surface area contributed by atoms with Crippen molar-refractivity contribution in [1.82, 2.24) is 20.2 Å². The maximum Gasteiger partial charge on any atom is 0.224 e. The Kier molecular flexibility index (Phi) is 10.3. The lowest BCUT2D eigenvalue weighted by Gasteiger charge is -2.46. The highest BCUT2D eigenvalue weighted by Gasteiger charge is 2.36. The van der Waals surface area contributed by atoms with E-state index in [2.05, 4.69) is 15.3 Å². The molecule has 0 radical (unpaired) electrons. The van der Waals surface area contributed by atoms with E-state index in [9.17, 15) is 19.8 Å². The minimum Gasteiger partial charge on any atom is -0.530 e. The maximum absolute atomic E-state index is 13.8. The van der Waals surface area contributed by atoms with Gasteiger partial charge in [0.1, 0.15) is 11.9 Å². The highest BCUT2D eigenvalue weighted by Crippen LogP contribution is 2.27. The molecule has 3 rings (SSSR count). The number of benzene rings is 2. The molecular formula is C31H41N4O4-. The van der Waals surface area contributed by atoms with Crippen LogP contribution in [-0.4, -0.2) is 49.7 Å². The number of nitrogens with zero attached hydrogens (tertiary/aromatic N) is 2. The van der Waals surface area contributed by atoms with E-state index >= 15 is 0 Å². The first-order valence-corrected chi connectivity index (χ1v) is 13.5. The predicted molar refractivity (Wildman–Crippen MR) is 149 cm³/mol. The largest absolute Gasteiger partial charge is 0.530 e. The predicted octanol–water partition coefficient (Wildman–Crippen LogP) is 3.89. The molecule has 3 aromatic rings. The number of hydrogen-bond acceptors (Lipinski definition) is 5. The summed E-state index contributed by atoms with van der Waals surface area (Å²) in [5, 5.41) is 27.1. The lowest BCUT2D eigenvalue weighted by atomic mass is 9.86. The number of aliphatic hydroxyl groups is 1. The Hall–Kier alpha value is -3.65. The van der Waals surface area contributed by atoms with Gasteiger partial charge in [0.2, 0.25) is 5.91 Å². The lowest BCUT2D eigenvalue weighted by Crippen LogP contribution is -2.60. The monoisotopic (exact) mass is 533 g/mol. The van der Waals surface area contributed by atoms with Crippen LogP contribution in [0.3, 0.4) is 0 Å². The Bertz CT molecular complexity index is 1160. The summed E-state index contributed by atoms with van der Waals surface area (Å²) in [4.78, 5) is 34.8. The van der Waals surface area contributed by atoms with Crippen LogP contribution in [0.15, 0.2) is 73.1 Å². The first kappa shape index (κ1) is 29.9. The number of imidazole rings is 1. The van der Waals surface area contributed by atoms with Crippen LogP contribution in [0, 0.1) is 11.8 Å². The molecule has 1 aromatic heterocycles. The molecule has 0 aliphatic heterocycles. The Morgan fingerprint density at radius 3 is 2.03 bits per heavy atom. The topological polar surface area (TPSA) is 121 Å². The van der Waals surface area contributed by atoms with Crippen LogP contribution in [0.25, 0.3) is 0 Å². The number of nitrogens with one attached hydrogen (secondary N) is 2. The summed E-state index contributed by atoms with van der Waals surface area (Å²) in [6.45, 7) is 9.34. The molecule has 3 N–H and O–H groups in total. The summed E-state index contributed by atoms with van der Waals surface area (Å²) >= 11 is 0. The molecule has 8 nitrogen and oxygen atoms in total. The molecule has 0 bridgehead atoms. The normalized spacial score (nSPS) is 14.8. The summed E-state index contributed by atoms with van der Waals surface area (Å²) in [6, 6.07) is 17.9. The van der Waals surface area contributed by atoms with Gasteiger partial charge in [0.15, 0.2) is 0 Å². The van der Waals surface area contributed by atoms with E-state index < -0.39 is 29.7 Å². The third kappa shape index (κ3) is 8.42. The van der Waals surface area contributed by atoms with E-state index in [1.807, 2.05) is 74.5 Å². The smallest absolute Gasteiger partial charge is 0.224 e. The molecule has 2 amide bonds. The molecule has 2 aromatic carbocycles. The van der Waals surface area contributed by atoms with E-state index in [4.69, 9.17) is 0 Å². The second kappa shape index (κ2) is 13.4. The van der Waals surface area contributed by atoms with Crippen molar-refractivity contribution >= 4 is 12.0 Å². The van der Waals surface area contributed by atoms with Crippen molar-refractivity contribution in [1.29, 1.82) is 0 Å². The van der Waals surface area contributed by atoms with Gasteiger partial charge in [-0.2, -0.15) is 0 Å². The third-order valence-corrected chi connectivity index (χ3v) is 6.98. The Labute approximate surface area is 231 Å². The molecule has 0 saturated carbocycles. The summed E-state index contributed by atoms with van der Waals surface area (Å²) < 4.78 is 0. The van der Waals surface area contributed by atoms with Crippen LogP contribution in [0.2, 0.25) is 0 Å². The Morgan fingerprint density at radius 1 is 1.00 bits per heavy atom. The molecule has 39 heavy (non-hydrogen) atoms. The van der Waals surface area contributed by atoms with Crippen molar-refractivity contribution in [3.8, 4) is 0 Å². The average molecular weight is 534 g/mol. The van der Waals surface area contributed by atoms with Gasteiger partial charge in [-0.05, 0) is 57.1 Å². The van der Waals surface area contributed by atoms with Gasteiger partial charge in [0, 0.05) is 23.9 Å². The van der Waals surface area contributed by atoms with Crippen molar-refractivity contribution in [3.63, 3.8) is 0 Å². The lowest BCUT2D eigenvalue weighted by molar-refractivity contribution is -0.275. The van der Waals surface area contributed by atoms with Crippen molar-refractivity contribution in [2.45, 2.75) is 77.6 Å². The Balaban J connectivity index is 1.93. The number of carbonyl (C=O) groups excluding carboxylic acids is 2. The molecule has 4 atom stereocenters. The molecule has 0 aliphatic rings. The van der Waals surface area contributed by atoms with Crippen LogP contribution in [0.1, 0.15) is 64.0 Å². The molecule has 8 heteroatoms. The third-order valence-electron chi connectivity index (χ3n) is 6.98. The molecule has 0 saturated heterocycles. The standard InChI is InChI=1S/C31H42N4O4/c1-21(2)27(28-32-16-17-33-28)34-29(37)24(18-22-12-8-6-9-13-22)20-26(36)25(19-23-14-10-7-11-15-23)35(30(38)39)31(3,4)5/h6-17,21,24-27,36H,18-20H2,1-5H3,(H,32,33)(H,34,37)(H,38,39)/p-1. The van der Waals surface area contributed by atoms with Crippen molar-refractivity contribution in [3.05, 3.63) is 90.0 Å². The zero-order chi connectivity index (χ0) is 28.6. The zero-order valence-corrected chi connectivity index (χ0v) is 23.5. The second-order valence-corrected chi connectivity index (χ2v) is 11.5. The number of aromatic amines is 1. The van der Waals surface area contributed by atoms with Gasteiger partial charge in [-0.1, -0.05) is 74.5 Å². The molecular weight excluding hydrogens is 492 g/mol. The van der Waals surface area contributed by atoms with Gasteiger partial charge in [-0.25, -0.2) is 4.98 Å². The van der Waals surface area contributed by atoms with Gasteiger partial charge < -0.3 is 30.2 Å². The van der Waals surface area contributed by atoms with Crippen LogP contribution in [-0.2, 0) is 17.6 Å². The van der Waals surface area contributed by atoms with Crippen molar-refractivity contribution in [2.75, 3.05) is 0 Å². The number of hydrogen-bond donors (Lipinski definition) is 3. The molecule has 4 unspecified atom stereocenters. The van der Waals surface area contributed by atoms with Crippen LogP contribution in [0.5, 0.6) is 0 Å². The first-order valence-electron chi connectivity index (χ1n) is 13.5. The first-order chi connectivity index (χ1) is 18.5.